The number of hydrogen-bond donors (Lipinski definition) is 0. The van der Waals surface area contributed by atoms with E-state index in [0.717, 1.165) is 34.6 Å². The summed E-state index contributed by atoms with van der Waals surface area (Å²) < 4.78 is 2.50. The van der Waals surface area contributed by atoms with Gasteiger partial charge in [-0.05, 0) is 172 Å². The van der Waals surface area contributed by atoms with E-state index in [9.17, 15) is 0 Å². The number of aromatic nitrogens is 1. The first-order chi connectivity index (χ1) is 32.7. The van der Waals surface area contributed by atoms with Gasteiger partial charge in [0.2, 0.25) is 0 Å². The van der Waals surface area contributed by atoms with Gasteiger partial charge in [-0.3, -0.25) is 0 Å². The second kappa shape index (κ2) is 14.8. The van der Waals surface area contributed by atoms with Crippen molar-refractivity contribution in [3.05, 3.63) is 230 Å². The first-order valence-electron chi connectivity index (χ1n) is 24.2. The number of benzene rings is 9. The van der Waals surface area contributed by atoms with Crippen LogP contribution in [0.2, 0.25) is 0 Å². The fraction of sp³-hybridized carbons (Fsp3) is 0.156. The quantitative estimate of drug-likeness (QED) is 0.155. The van der Waals surface area contributed by atoms with Crippen LogP contribution in [0.3, 0.4) is 0 Å². The van der Waals surface area contributed by atoms with Crippen molar-refractivity contribution < 1.29 is 0 Å². The van der Waals surface area contributed by atoms with Gasteiger partial charge in [-0.1, -0.05) is 158 Å². The predicted molar refractivity (Wildman–Crippen MR) is 275 cm³/mol. The molecule has 5 aliphatic rings. The Morgan fingerprint density at radius 2 is 0.833 bits per heavy atom. The SMILES string of the molecule is c1ccc(-c2ccc(N(c3ccc(-c4ccccc4)cc3)c3cc(-c4ccc5c(c4)C4(c6ccccc6-5)C5CC6CC(C5)CC4C6)cc(-n4c5ccccc5c5ccccc54)c3)cc2)cc1. The molecular weight excluding hydrogens is 797 g/mol. The van der Waals surface area contributed by atoms with Crippen LogP contribution in [0.4, 0.5) is 17.1 Å². The van der Waals surface area contributed by atoms with Crippen molar-refractivity contribution in [1.82, 2.24) is 4.57 Å². The van der Waals surface area contributed by atoms with Crippen LogP contribution in [0, 0.1) is 23.7 Å². The topological polar surface area (TPSA) is 8.17 Å². The first kappa shape index (κ1) is 37.9. The molecule has 5 aliphatic carbocycles. The van der Waals surface area contributed by atoms with E-state index in [2.05, 4.69) is 228 Å². The van der Waals surface area contributed by atoms with Crippen molar-refractivity contribution in [2.45, 2.75) is 37.5 Å². The summed E-state index contributed by atoms with van der Waals surface area (Å²) in [6.07, 6.45) is 6.95. The molecule has 0 aliphatic heterocycles. The minimum absolute atomic E-state index is 0.0929. The maximum Gasteiger partial charge on any atom is 0.0541 e. The van der Waals surface area contributed by atoms with Gasteiger partial charge in [-0.2, -0.15) is 0 Å². The van der Waals surface area contributed by atoms with Gasteiger partial charge in [-0.25, -0.2) is 0 Å². The van der Waals surface area contributed by atoms with E-state index in [4.69, 9.17) is 0 Å². The molecule has 4 bridgehead atoms. The number of hydrogen-bond acceptors (Lipinski definition) is 1. The van der Waals surface area contributed by atoms with Crippen LogP contribution in [0.15, 0.2) is 218 Å². The van der Waals surface area contributed by atoms with Crippen LogP contribution < -0.4 is 4.90 Å². The molecule has 1 spiro atoms. The van der Waals surface area contributed by atoms with Crippen molar-refractivity contribution in [2.24, 2.45) is 23.7 Å². The summed E-state index contributed by atoms with van der Waals surface area (Å²) in [5.74, 6) is 3.22. The number of rotatable bonds is 7. The van der Waals surface area contributed by atoms with E-state index in [1.54, 1.807) is 11.1 Å². The minimum Gasteiger partial charge on any atom is -0.310 e. The normalized spacial score (nSPS) is 21.1. The smallest absolute Gasteiger partial charge is 0.0541 e. The molecule has 4 fully saturated rings. The van der Waals surface area contributed by atoms with E-state index in [-0.39, 0.29) is 5.41 Å². The van der Waals surface area contributed by atoms with E-state index in [1.165, 1.54) is 98.4 Å². The molecule has 66 heavy (non-hydrogen) atoms. The lowest BCUT2D eigenvalue weighted by atomic mass is 9.43. The summed E-state index contributed by atoms with van der Waals surface area (Å²) in [5, 5.41) is 2.54. The highest BCUT2D eigenvalue weighted by Gasteiger charge is 2.61. The number of fused-ring (bicyclic) bond motifs is 6. The Morgan fingerprint density at radius 3 is 1.42 bits per heavy atom. The fourth-order valence-electron chi connectivity index (χ4n) is 13.9. The van der Waals surface area contributed by atoms with E-state index in [1.807, 2.05) is 0 Å². The number of para-hydroxylation sites is 2. The summed E-state index contributed by atoms with van der Waals surface area (Å²) in [7, 11) is 0. The average molecular weight is 847 g/mol. The molecule has 4 saturated carbocycles. The fourth-order valence-corrected chi connectivity index (χ4v) is 13.9. The largest absolute Gasteiger partial charge is 0.310 e. The van der Waals surface area contributed by atoms with Crippen molar-refractivity contribution in [3.8, 4) is 50.2 Å². The zero-order valence-corrected chi connectivity index (χ0v) is 37.0. The molecule has 1 heterocycles. The van der Waals surface area contributed by atoms with Crippen LogP contribution in [0.25, 0.3) is 72.0 Å². The Hall–Kier alpha value is -7.42. The molecule has 0 atom stereocenters. The highest BCUT2D eigenvalue weighted by atomic mass is 15.1. The van der Waals surface area contributed by atoms with Crippen LogP contribution in [-0.2, 0) is 5.41 Å². The molecular formula is C64H50N2. The molecule has 1 aromatic heterocycles. The molecule has 15 rings (SSSR count). The maximum absolute atomic E-state index is 2.65. The van der Waals surface area contributed by atoms with Gasteiger partial charge in [0.25, 0.3) is 0 Å². The third-order valence-electron chi connectivity index (χ3n) is 16.4. The Morgan fingerprint density at radius 1 is 0.348 bits per heavy atom. The Bertz CT molecular complexity index is 3310. The monoisotopic (exact) mass is 846 g/mol. The minimum atomic E-state index is 0.0929. The Balaban J connectivity index is 0.999. The molecule has 9 aromatic carbocycles. The van der Waals surface area contributed by atoms with E-state index in [0.29, 0.717) is 11.8 Å². The van der Waals surface area contributed by atoms with Crippen LogP contribution >= 0.6 is 0 Å². The number of nitrogens with zero attached hydrogens (tertiary/aromatic N) is 2. The standard InChI is InChI=1S/C64H50N2/c1-3-13-44(14-4-1)46-23-28-52(29-24-46)65(53-30-25-47(26-31-53)45-15-5-2-6-16-45)54-38-49(39-55(41-54)66-62-21-11-8-18-58(62)59-19-9-12-22-63(59)66)48-27-32-57-56-17-7-10-20-60(56)64(61(57)40-48)50-34-42-33-43(36-50)37-51(64)35-42/h1-32,38-43,50-51H,33-37H2. The van der Waals surface area contributed by atoms with E-state index < -0.39 is 0 Å². The summed E-state index contributed by atoms with van der Waals surface area (Å²) in [4.78, 5) is 2.47. The summed E-state index contributed by atoms with van der Waals surface area (Å²) in [6, 6.07) is 81.9. The van der Waals surface area contributed by atoms with Gasteiger partial charge in [0.05, 0.1) is 11.0 Å². The second-order valence-electron chi connectivity index (χ2n) is 19.7. The lowest BCUT2D eigenvalue weighted by molar-refractivity contribution is -0.0399. The molecule has 0 unspecified atom stereocenters. The summed E-state index contributed by atoms with van der Waals surface area (Å²) in [6.45, 7) is 0. The Kier molecular flexibility index (Phi) is 8.50. The maximum atomic E-state index is 2.65. The highest BCUT2D eigenvalue weighted by molar-refractivity contribution is 6.09. The lowest BCUT2D eigenvalue weighted by Crippen LogP contribution is -2.55. The van der Waals surface area contributed by atoms with Gasteiger partial charge in [0.15, 0.2) is 0 Å². The average Bonchev–Trinajstić information content (AvgIpc) is 3.87. The zero-order chi connectivity index (χ0) is 43.3. The predicted octanol–water partition coefficient (Wildman–Crippen LogP) is 17.0. The van der Waals surface area contributed by atoms with Crippen molar-refractivity contribution in [1.29, 1.82) is 0 Å². The van der Waals surface area contributed by atoms with Crippen molar-refractivity contribution in [3.63, 3.8) is 0 Å². The molecule has 2 nitrogen and oxygen atoms in total. The second-order valence-corrected chi connectivity index (χ2v) is 19.7. The Labute approximate surface area is 387 Å². The molecule has 0 N–H and O–H groups in total. The van der Waals surface area contributed by atoms with Crippen LogP contribution in [0.1, 0.15) is 43.2 Å². The summed E-state index contributed by atoms with van der Waals surface area (Å²) >= 11 is 0. The van der Waals surface area contributed by atoms with Crippen molar-refractivity contribution >= 4 is 38.9 Å². The van der Waals surface area contributed by atoms with E-state index >= 15 is 0 Å². The molecule has 0 saturated heterocycles. The van der Waals surface area contributed by atoms with Gasteiger partial charge in [0.1, 0.15) is 0 Å². The van der Waals surface area contributed by atoms with Gasteiger partial charge >= 0.3 is 0 Å². The lowest BCUT2D eigenvalue weighted by Gasteiger charge is -2.61. The van der Waals surface area contributed by atoms with Gasteiger partial charge in [-0.15, -0.1) is 0 Å². The van der Waals surface area contributed by atoms with Crippen molar-refractivity contribution in [2.75, 3.05) is 4.90 Å². The first-order valence-corrected chi connectivity index (χ1v) is 24.2. The third kappa shape index (κ3) is 5.73. The molecule has 2 heteroatoms. The molecule has 316 valence electrons. The molecule has 0 amide bonds. The molecule has 0 radical (unpaired) electrons. The van der Waals surface area contributed by atoms with Crippen LogP contribution in [0.5, 0.6) is 0 Å². The van der Waals surface area contributed by atoms with Gasteiger partial charge in [0, 0.05) is 38.9 Å². The zero-order valence-electron chi connectivity index (χ0n) is 37.0. The highest BCUT2D eigenvalue weighted by Crippen LogP contribution is 2.69. The van der Waals surface area contributed by atoms with Crippen LogP contribution in [-0.4, -0.2) is 4.57 Å². The van der Waals surface area contributed by atoms with Gasteiger partial charge < -0.3 is 9.47 Å². The molecule has 10 aromatic rings. The third-order valence-corrected chi connectivity index (χ3v) is 16.4. The summed E-state index contributed by atoms with van der Waals surface area (Å²) in [5.41, 5.74) is 20.5. The number of anilines is 3.